The maximum atomic E-state index is 10.9. The minimum absolute atomic E-state index is 0.315. The van der Waals surface area contributed by atoms with Gasteiger partial charge in [-0.2, -0.15) is 0 Å². The SMILES string of the molecule is CC(N)(CN1CCn2cnnc2C1)C(=O)O. The first-order chi connectivity index (χ1) is 7.49. The van der Waals surface area contributed by atoms with Crippen LogP contribution in [0.1, 0.15) is 12.7 Å². The number of nitrogens with two attached hydrogens (primary N) is 1. The number of nitrogens with zero attached hydrogens (tertiary/aromatic N) is 4. The molecule has 3 N–H and O–H groups in total. The largest absolute Gasteiger partial charge is 0.480 e. The molecule has 0 amide bonds. The molecular formula is C9H15N5O2. The van der Waals surface area contributed by atoms with Gasteiger partial charge in [0.1, 0.15) is 17.7 Å². The van der Waals surface area contributed by atoms with E-state index in [1.807, 2.05) is 9.47 Å². The molecule has 0 spiro atoms. The molecule has 1 aromatic rings. The zero-order valence-electron chi connectivity index (χ0n) is 9.13. The molecule has 0 saturated carbocycles. The van der Waals surface area contributed by atoms with Gasteiger partial charge in [0.15, 0.2) is 0 Å². The van der Waals surface area contributed by atoms with Crippen LogP contribution >= 0.6 is 0 Å². The average molecular weight is 225 g/mol. The van der Waals surface area contributed by atoms with Crippen molar-refractivity contribution in [3.8, 4) is 0 Å². The first kappa shape index (κ1) is 11.0. The van der Waals surface area contributed by atoms with Gasteiger partial charge in [0.2, 0.25) is 0 Å². The van der Waals surface area contributed by atoms with Crippen molar-refractivity contribution in [1.29, 1.82) is 0 Å². The molecule has 1 aliphatic heterocycles. The van der Waals surface area contributed by atoms with E-state index < -0.39 is 11.5 Å². The molecule has 16 heavy (non-hydrogen) atoms. The van der Waals surface area contributed by atoms with Gasteiger partial charge in [-0.05, 0) is 6.92 Å². The lowest BCUT2D eigenvalue weighted by Crippen LogP contribution is -2.54. The molecule has 0 saturated heterocycles. The van der Waals surface area contributed by atoms with Crippen molar-refractivity contribution in [2.45, 2.75) is 25.6 Å². The third-order valence-corrected chi connectivity index (χ3v) is 2.76. The summed E-state index contributed by atoms with van der Waals surface area (Å²) in [6.45, 7) is 3.98. The van der Waals surface area contributed by atoms with Gasteiger partial charge in [0.25, 0.3) is 0 Å². The molecule has 1 aliphatic rings. The van der Waals surface area contributed by atoms with Gasteiger partial charge in [-0.1, -0.05) is 0 Å². The third kappa shape index (κ3) is 2.05. The lowest BCUT2D eigenvalue weighted by atomic mass is 10.0. The van der Waals surface area contributed by atoms with E-state index in [9.17, 15) is 4.79 Å². The van der Waals surface area contributed by atoms with Crippen LogP contribution < -0.4 is 5.73 Å². The highest BCUT2D eigenvalue weighted by atomic mass is 16.4. The molecule has 0 radical (unpaired) electrons. The van der Waals surface area contributed by atoms with Gasteiger partial charge in [-0.15, -0.1) is 10.2 Å². The Hall–Kier alpha value is -1.47. The number of hydrogen-bond acceptors (Lipinski definition) is 5. The van der Waals surface area contributed by atoms with Gasteiger partial charge in [-0.25, -0.2) is 0 Å². The van der Waals surface area contributed by atoms with Crippen LogP contribution in [0.3, 0.4) is 0 Å². The third-order valence-electron chi connectivity index (χ3n) is 2.76. The molecule has 1 aromatic heterocycles. The first-order valence-corrected chi connectivity index (χ1v) is 5.10. The number of carboxylic acids is 1. The summed E-state index contributed by atoms with van der Waals surface area (Å²) in [6, 6.07) is 0. The van der Waals surface area contributed by atoms with E-state index in [2.05, 4.69) is 10.2 Å². The van der Waals surface area contributed by atoms with Crippen LogP contribution in [0, 0.1) is 0 Å². The summed E-state index contributed by atoms with van der Waals surface area (Å²) in [4.78, 5) is 12.9. The zero-order valence-corrected chi connectivity index (χ0v) is 9.13. The van der Waals surface area contributed by atoms with Gasteiger partial charge in [0, 0.05) is 19.6 Å². The predicted octanol–water partition coefficient (Wildman–Crippen LogP) is -1.10. The molecule has 2 rings (SSSR count). The molecule has 88 valence electrons. The second kappa shape index (κ2) is 3.84. The predicted molar refractivity (Wildman–Crippen MR) is 55.5 cm³/mol. The Morgan fingerprint density at radius 2 is 2.44 bits per heavy atom. The quantitative estimate of drug-likeness (QED) is 0.677. The fourth-order valence-electron chi connectivity index (χ4n) is 1.78. The van der Waals surface area contributed by atoms with Crippen LogP contribution in [0.25, 0.3) is 0 Å². The standard InChI is InChI=1S/C9H15N5O2/c1-9(10,8(15)16)5-13-2-3-14-6-11-12-7(14)4-13/h6H,2-5,10H2,1H3,(H,15,16). The number of carboxylic acid groups (broad SMARTS) is 1. The molecule has 0 aromatic carbocycles. The lowest BCUT2D eigenvalue weighted by molar-refractivity contribution is -0.143. The first-order valence-electron chi connectivity index (χ1n) is 5.10. The molecule has 1 unspecified atom stereocenters. The number of aromatic nitrogens is 3. The number of rotatable bonds is 3. The summed E-state index contributed by atoms with van der Waals surface area (Å²) >= 11 is 0. The highest BCUT2D eigenvalue weighted by Gasteiger charge is 2.32. The Bertz CT molecular complexity index is 400. The highest BCUT2D eigenvalue weighted by molar-refractivity contribution is 5.78. The van der Waals surface area contributed by atoms with Crippen molar-refractivity contribution in [2.24, 2.45) is 5.73 Å². The molecule has 7 heteroatoms. The highest BCUT2D eigenvalue weighted by Crippen LogP contribution is 2.12. The van der Waals surface area contributed by atoms with Crippen LogP contribution in [0.2, 0.25) is 0 Å². The van der Waals surface area contributed by atoms with Crippen LogP contribution in [0.5, 0.6) is 0 Å². The summed E-state index contributed by atoms with van der Waals surface area (Å²) in [5.74, 6) is -0.132. The molecule has 7 nitrogen and oxygen atoms in total. The second-order valence-electron chi connectivity index (χ2n) is 4.37. The Balaban J connectivity index is 2.02. The maximum Gasteiger partial charge on any atom is 0.324 e. The minimum atomic E-state index is -1.22. The smallest absolute Gasteiger partial charge is 0.324 e. The van der Waals surface area contributed by atoms with Crippen LogP contribution in [-0.4, -0.2) is 49.4 Å². The van der Waals surface area contributed by atoms with Crippen molar-refractivity contribution in [2.75, 3.05) is 13.1 Å². The summed E-state index contributed by atoms with van der Waals surface area (Å²) in [5.41, 5.74) is 4.48. The Labute approximate surface area is 92.9 Å². The summed E-state index contributed by atoms with van der Waals surface area (Å²) in [5, 5.41) is 16.7. The summed E-state index contributed by atoms with van der Waals surface area (Å²) in [6.07, 6.45) is 1.69. The monoisotopic (exact) mass is 225 g/mol. The van der Waals surface area contributed by atoms with E-state index in [-0.39, 0.29) is 0 Å². The second-order valence-corrected chi connectivity index (χ2v) is 4.37. The zero-order chi connectivity index (χ0) is 11.8. The van der Waals surface area contributed by atoms with Crippen molar-refractivity contribution in [3.63, 3.8) is 0 Å². The Kier molecular flexibility index (Phi) is 2.64. The summed E-state index contributed by atoms with van der Waals surface area (Å²) in [7, 11) is 0. The topological polar surface area (TPSA) is 97.3 Å². The van der Waals surface area contributed by atoms with E-state index in [4.69, 9.17) is 10.8 Å². The van der Waals surface area contributed by atoms with Gasteiger partial charge >= 0.3 is 5.97 Å². The molecule has 0 aliphatic carbocycles. The number of fused-ring (bicyclic) bond motifs is 1. The van der Waals surface area contributed by atoms with E-state index in [0.717, 1.165) is 18.9 Å². The fourth-order valence-corrected chi connectivity index (χ4v) is 1.78. The molecule has 0 bridgehead atoms. The van der Waals surface area contributed by atoms with Crippen molar-refractivity contribution < 1.29 is 9.90 Å². The minimum Gasteiger partial charge on any atom is -0.480 e. The van der Waals surface area contributed by atoms with Gasteiger partial charge in [0.05, 0.1) is 6.54 Å². The Morgan fingerprint density at radius 3 is 3.12 bits per heavy atom. The molecule has 0 fully saturated rings. The van der Waals surface area contributed by atoms with E-state index >= 15 is 0 Å². The Morgan fingerprint density at radius 1 is 1.69 bits per heavy atom. The van der Waals surface area contributed by atoms with E-state index in [1.54, 1.807) is 6.33 Å². The van der Waals surface area contributed by atoms with Gasteiger partial charge < -0.3 is 15.4 Å². The van der Waals surface area contributed by atoms with Crippen LogP contribution in [-0.2, 0) is 17.9 Å². The molecule has 2 heterocycles. The number of carbonyl (C=O) groups is 1. The van der Waals surface area contributed by atoms with Crippen molar-refractivity contribution in [3.05, 3.63) is 12.2 Å². The molecular weight excluding hydrogens is 210 g/mol. The van der Waals surface area contributed by atoms with Crippen molar-refractivity contribution in [1.82, 2.24) is 19.7 Å². The average Bonchev–Trinajstić information content (AvgIpc) is 2.63. The normalized spacial score (nSPS) is 20.1. The van der Waals surface area contributed by atoms with E-state index in [0.29, 0.717) is 13.1 Å². The van der Waals surface area contributed by atoms with Crippen LogP contribution in [0.4, 0.5) is 0 Å². The number of hydrogen-bond donors (Lipinski definition) is 2. The maximum absolute atomic E-state index is 10.9. The molecule has 1 atom stereocenters. The van der Waals surface area contributed by atoms with E-state index in [1.165, 1.54) is 6.92 Å². The van der Waals surface area contributed by atoms with Gasteiger partial charge in [-0.3, -0.25) is 9.69 Å². The lowest BCUT2D eigenvalue weighted by Gasteiger charge is -2.32. The summed E-state index contributed by atoms with van der Waals surface area (Å²) < 4.78 is 1.96. The van der Waals surface area contributed by atoms with Crippen LogP contribution in [0.15, 0.2) is 6.33 Å². The van der Waals surface area contributed by atoms with Crippen molar-refractivity contribution >= 4 is 5.97 Å². The fraction of sp³-hybridized carbons (Fsp3) is 0.667. The number of aliphatic carboxylic acids is 1.